The van der Waals surface area contributed by atoms with Gasteiger partial charge in [0.1, 0.15) is 16.1 Å². The highest BCUT2D eigenvalue weighted by Crippen LogP contribution is 2.32. The predicted octanol–water partition coefficient (Wildman–Crippen LogP) is 2.37. The lowest BCUT2D eigenvalue weighted by Gasteiger charge is -2.11. The summed E-state index contributed by atoms with van der Waals surface area (Å²) in [6.07, 6.45) is -0.688. The zero-order chi connectivity index (χ0) is 13.3. The molecule has 0 aliphatic heterocycles. The Hall–Kier alpha value is -0.980. The maximum atomic E-state index is 13.4. The van der Waals surface area contributed by atoms with Gasteiger partial charge >= 0.3 is 5.97 Å². The summed E-state index contributed by atoms with van der Waals surface area (Å²) in [6.45, 7) is 0. The van der Waals surface area contributed by atoms with Crippen LogP contribution in [0.5, 0.6) is 0 Å². The van der Waals surface area contributed by atoms with Crippen LogP contribution in [0, 0.1) is 17.5 Å². The molecule has 0 heterocycles. The first-order chi connectivity index (χ1) is 7.77. The smallest absolute Gasteiger partial charge is 0.320 e. The van der Waals surface area contributed by atoms with Crippen molar-refractivity contribution in [2.45, 2.75) is 12.5 Å². The molecule has 3 nitrogen and oxygen atoms in total. The van der Waals surface area contributed by atoms with Gasteiger partial charge in [-0.25, -0.2) is 13.2 Å². The molecule has 8 heteroatoms. The molecule has 94 valence electrons. The van der Waals surface area contributed by atoms with Crippen LogP contribution in [0.15, 0.2) is 0 Å². The van der Waals surface area contributed by atoms with Gasteiger partial charge in [0.15, 0.2) is 17.5 Å². The normalized spacial score (nSPS) is 12.6. The molecule has 0 radical (unpaired) electrons. The average molecular weight is 288 g/mol. The highest BCUT2D eigenvalue weighted by atomic mass is 35.5. The van der Waals surface area contributed by atoms with E-state index in [2.05, 4.69) is 0 Å². The van der Waals surface area contributed by atoms with E-state index in [0.29, 0.717) is 0 Å². The molecular weight excluding hydrogens is 282 g/mol. The van der Waals surface area contributed by atoms with E-state index in [4.69, 9.17) is 34.0 Å². The van der Waals surface area contributed by atoms with Crippen LogP contribution >= 0.6 is 23.2 Å². The number of carboxylic acids is 1. The molecule has 0 spiro atoms. The number of hydrogen-bond acceptors (Lipinski definition) is 2. The molecule has 17 heavy (non-hydrogen) atoms. The van der Waals surface area contributed by atoms with Crippen molar-refractivity contribution < 1.29 is 23.1 Å². The first-order valence-corrected chi connectivity index (χ1v) is 5.01. The lowest BCUT2D eigenvalue weighted by atomic mass is 10.1. The summed E-state index contributed by atoms with van der Waals surface area (Å²) in [4.78, 5) is 10.5. The molecule has 0 amide bonds. The molecule has 0 aliphatic rings. The SMILES string of the molecule is NC(Cc1c(F)c(Cl)c(F)c(Cl)c1F)C(=O)O. The quantitative estimate of drug-likeness (QED) is 0.663. The van der Waals surface area contributed by atoms with Crippen molar-refractivity contribution in [1.29, 1.82) is 0 Å². The number of carboxylic acid groups (broad SMARTS) is 1. The van der Waals surface area contributed by atoms with Crippen molar-refractivity contribution in [2.75, 3.05) is 0 Å². The standard InChI is InChI=1S/C9H6Cl2F3NO2/c10-4-6(12)2(1-3(15)9(16)17)7(13)5(11)8(4)14/h3H,1,15H2,(H,16,17). The molecular formula is C9H6Cl2F3NO2. The molecule has 0 saturated heterocycles. The van der Waals surface area contributed by atoms with Crippen LogP contribution in [0.4, 0.5) is 13.2 Å². The van der Waals surface area contributed by atoms with Crippen LogP contribution in [0.3, 0.4) is 0 Å². The second-order valence-electron chi connectivity index (χ2n) is 3.20. The summed E-state index contributed by atoms with van der Waals surface area (Å²) in [5.74, 6) is -5.69. The molecule has 1 aromatic carbocycles. The van der Waals surface area contributed by atoms with Crippen LogP contribution in [0.25, 0.3) is 0 Å². The summed E-state index contributed by atoms with van der Waals surface area (Å²) in [5, 5.41) is 6.52. The summed E-state index contributed by atoms with van der Waals surface area (Å²) in [6, 6.07) is -1.54. The second kappa shape index (κ2) is 5.12. The summed E-state index contributed by atoms with van der Waals surface area (Å²) in [5.41, 5.74) is 4.36. The van der Waals surface area contributed by atoms with Gasteiger partial charge in [-0.1, -0.05) is 23.2 Å². The number of rotatable bonds is 3. The molecule has 0 aromatic heterocycles. The Morgan fingerprint density at radius 2 is 1.59 bits per heavy atom. The molecule has 1 unspecified atom stereocenters. The number of carbonyl (C=O) groups is 1. The average Bonchev–Trinajstić information content (AvgIpc) is 2.29. The van der Waals surface area contributed by atoms with Gasteiger partial charge in [0.25, 0.3) is 0 Å². The van der Waals surface area contributed by atoms with Gasteiger partial charge in [-0.3, -0.25) is 4.79 Å². The van der Waals surface area contributed by atoms with Crippen LogP contribution < -0.4 is 5.73 Å². The number of nitrogens with two attached hydrogens (primary N) is 1. The molecule has 0 saturated carbocycles. The number of aliphatic carboxylic acids is 1. The van der Waals surface area contributed by atoms with Crippen molar-refractivity contribution in [3.8, 4) is 0 Å². The molecule has 1 rings (SSSR count). The maximum Gasteiger partial charge on any atom is 0.320 e. The van der Waals surface area contributed by atoms with E-state index in [-0.39, 0.29) is 0 Å². The maximum absolute atomic E-state index is 13.4. The first-order valence-electron chi connectivity index (χ1n) is 4.26. The molecule has 1 aromatic rings. The number of benzene rings is 1. The Kier molecular flexibility index (Phi) is 4.24. The van der Waals surface area contributed by atoms with Crippen molar-refractivity contribution in [3.05, 3.63) is 33.1 Å². The Balaban J connectivity index is 3.30. The number of hydrogen-bond donors (Lipinski definition) is 2. The van der Waals surface area contributed by atoms with E-state index >= 15 is 0 Å². The van der Waals surface area contributed by atoms with Crippen molar-refractivity contribution in [3.63, 3.8) is 0 Å². The van der Waals surface area contributed by atoms with Gasteiger partial charge in [0, 0.05) is 12.0 Å². The van der Waals surface area contributed by atoms with Gasteiger partial charge in [0.2, 0.25) is 0 Å². The lowest BCUT2D eigenvalue weighted by molar-refractivity contribution is -0.138. The van der Waals surface area contributed by atoms with Gasteiger partial charge in [-0.05, 0) is 0 Å². The zero-order valence-corrected chi connectivity index (χ0v) is 9.62. The van der Waals surface area contributed by atoms with Crippen molar-refractivity contribution in [2.24, 2.45) is 5.73 Å². The Labute approximate surface area is 104 Å². The third-order valence-electron chi connectivity index (χ3n) is 2.04. The van der Waals surface area contributed by atoms with Crippen molar-refractivity contribution >= 4 is 29.2 Å². The minimum Gasteiger partial charge on any atom is -0.480 e. The van der Waals surface area contributed by atoms with Crippen LogP contribution in [0.1, 0.15) is 5.56 Å². The van der Waals surface area contributed by atoms with Gasteiger partial charge in [0.05, 0.1) is 0 Å². The summed E-state index contributed by atoms with van der Waals surface area (Å²) in [7, 11) is 0. The van der Waals surface area contributed by atoms with Gasteiger partial charge in [-0.15, -0.1) is 0 Å². The largest absolute Gasteiger partial charge is 0.480 e. The molecule has 3 N–H and O–H groups in total. The van der Waals surface area contributed by atoms with E-state index in [0.717, 1.165) is 0 Å². The van der Waals surface area contributed by atoms with E-state index in [1.165, 1.54) is 0 Å². The monoisotopic (exact) mass is 287 g/mol. The molecule has 0 bridgehead atoms. The molecule has 0 fully saturated rings. The fraction of sp³-hybridized carbons (Fsp3) is 0.222. The topological polar surface area (TPSA) is 63.3 Å². The van der Waals surface area contributed by atoms with Gasteiger partial charge in [-0.2, -0.15) is 0 Å². The van der Waals surface area contributed by atoms with Crippen LogP contribution in [-0.2, 0) is 11.2 Å². The van der Waals surface area contributed by atoms with Crippen LogP contribution in [0.2, 0.25) is 10.0 Å². The highest BCUT2D eigenvalue weighted by Gasteiger charge is 2.25. The number of halogens is 5. The van der Waals surface area contributed by atoms with E-state index in [1.54, 1.807) is 0 Å². The Morgan fingerprint density at radius 1 is 1.18 bits per heavy atom. The van der Waals surface area contributed by atoms with Crippen LogP contribution in [-0.4, -0.2) is 17.1 Å². The Bertz CT molecular complexity index is 453. The second-order valence-corrected chi connectivity index (χ2v) is 3.95. The zero-order valence-electron chi connectivity index (χ0n) is 8.11. The minimum atomic E-state index is -1.54. The molecule has 0 aliphatic carbocycles. The highest BCUT2D eigenvalue weighted by molar-refractivity contribution is 6.35. The fourth-order valence-electron chi connectivity index (χ4n) is 1.14. The third kappa shape index (κ3) is 2.65. The first kappa shape index (κ1) is 14.1. The Morgan fingerprint density at radius 3 is 1.94 bits per heavy atom. The minimum absolute atomic E-state index is 0.688. The fourth-order valence-corrected chi connectivity index (χ4v) is 1.60. The van der Waals surface area contributed by atoms with E-state index in [1.807, 2.05) is 0 Å². The van der Waals surface area contributed by atoms with Gasteiger partial charge < -0.3 is 10.8 Å². The predicted molar refractivity (Wildman–Crippen MR) is 55.7 cm³/mol. The summed E-state index contributed by atoms with van der Waals surface area (Å²) < 4.78 is 39.9. The van der Waals surface area contributed by atoms with Crippen molar-refractivity contribution in [1.82, 2.24) is 0 Å². The lowest BCUT2D eigenvalue weighted by Crippen LogP contribution is -2.33. The van der Waals surface area contributed by atoms with E-state index in [9.17, 15) is 18.0 Å². The summed E-state index contributed by atoms with van der Waals surface area (Å²) >= 11 is 10.5. The molecule has 1 atom stereocenters. The third-order valence-corrected chi connectivity index (χ3v) is 2.71. The van der Waals surface area contributed by atoms with E-state index < -0.39 is 51.5 Å².